The van der Waals surface area contributed by atoms with Crippen molar-refractivity contribution in [1.82, 2.24) is 4.98 Å². The molecule has 0 bridgehead atoms. The minimum Gasteiger partial charge on any atom is -0.411 e. The molecule has 17 heavy (non-hydrogen) atoms. The van der Waals surface area contributed by atoms with Crippen molar-refractivity contribution >= 4 is 40.3 Å². The average Bonchev–Trinajstić information content (AvgIpc) is 2.77. The molecule has 0 aliphatic rings. The fourth-order valence-electron chi connectivity index (χ4n) is 1.28. The molecule has 0 atom stereocenters. The Hall–Kier alpha value is -1.10. The van der Waals surface area contributed by atoms with E-state index >= 15 is 0 Å². The van der Waals surface area contributed by atoms with E-state index in [-0.39, 0.29) is 0 Å². The fraction of sp³-hybridized carbons (Fsp3) is 0.0909. The first kappa shape index (κ1) is 12.4. The number of halogens is 2. The molecule has 0 aliphatic carbocycles. The van der Waals surface area contributed by atoms with Gasteiger partial charge in [0.15, 0.2) is 0 Å². The third kappa shape index (κ3) is 2.60. The number of hydrogen-bond acceptors (Lipinski definition) is 4. The normalized spacial score (nSPS) is 11.8. The molecule has 0 spiro atoms. The Kier molecular flexibility index (Phi) is 3.66. The molecule has 6 heteroatoms. The third-order valence-electron chi connectivity index (χ3n) is 2.19. The lowest BCUT2D eigenvalue weighted by molar-refractivity contribution is 0.319. The molecule has 0 fully saturated rings. The number of benzene rings is 1. The van der Waals surface area contributed by atoms with Gasteiger partial charge < -0.3 is 5.21 Å². The van der Waals surface area contributed by atoms with E-state index in [1.807, 2.05) is 11.4 Å². The van der Waals surface area contributed by atoms with E-state index in [4.69, 9.17) is 28.4 Å². The minimum atomic E-state index is 0.470. The zero-order valence-electron chi connectivity index (χ0n) is 8.82. The highest BCUT2D eigenvalue weighted by molar-refractivity contribution is 7.13. The Bertz CT molecular complexity index is 581. The molecule has 0 unspecified atom stereocenters. The van der Waals surface area contributed by atoms with Gasteiger partial charge in [-0.1, -0.05) is 28.4 Å². The molecule has 0 saturated carbocycles. The molecule has 0 aliphatic heterocycles. The summed E-state index contributed by atoms with van der Waals surface area (Å²) in [4.78, 5) is 4.34. The van der Waals surface area contributed by atoms with Crippen molar-refractivity contribution in [3.8, 4) is 10.6 Å². The van der Waals surface area contributed by atoms with Crippen LogP contribution in [0.15, 0.2) is 28.7 Å². The lowest BCUT2D eigenvalue weighted by Crippen LogP contribution is -1.94. The Morgan fingerprint density at radius 2 is 2.18 bits per heavy atom. The van der Waals surface area contributed by atoms with Crippen LogP contribution in [0.25, 0.3) is 10.6 Å². The molecule has 0 amide bonds. The maximum atomic E-state index is 8.67. The highest BCUT2D eigenvalue weighted by Gasteiger charge is 2.10. The molecule has 88 valence electrons. The van der Waals surface area contributed by atoms with Gasteiger partial charge in [0.2, 0.25) is 0 Å². The largest absolute Gasteiger partial charge is 0.411 e. The van der Waals surface area contributed by atoms with E-state index in [1.54, 1.807) is 19.1 Å². The standard InChI is InChI=1S/C11H8Cl2N2OS/c1-6(15-16)10-5-17-11(14-10)8-3-2-7(12)4-9(8)13/h2-5,16H,1H3. The summed E-state index contributed by atoms with van der Waals surface area (Å²) >= 11 is 13.4. The smallest absolute Gasteiger partial charge is 0.125 e. The summed E-state index contributed by atoms with van der Waals surface area (Å²) in [6.45, 7) is 1.68. The van der Waals surface area contributed by atoms with E-state index in [0.29, 0.717) is 21.5 Å². The summed E-state index contributed by atoms with van der Waals surface area (Å²) in [5.74, 6) is 0. The van der Waals surface area contributed by atoms with Gasteiger partial charge in [0, 0.05) is 16.0 Å². The summed E-state index contributed by atoms with van der Waals surface area (Å²) in [5, 5.41) is 15.5. The fourth-order valence-corrected chi connectivity index (χ4v) is 2.73. The summed E-state index contributed by atoms with van der Waals surface area (Å²) in [5.41, 5.74) is 1.93. The van der Waals surface area contributed by atoms with Gasteiger partial charge in [-0.15, -0.1) is 11.3 Å². The molecule has 3 nitrogen and oxygen atoms in total. The predicted molar refractivity (Wildman–Crippen MR) is 71.6 cm³/mol. The van der Waals surface area contributed by atoms with Crippen molar-refractivity contribution in [2.24, 2.45) is 5.16 Å². The summed E-state index contributed by atoms with van der Waals surface area (Å²) in [7, 11) is 0. The lowest BCUT2D eigenvalue weighted by atomic mass is 10.2. The topological polar surface area (TPSA) is 45.5 Å². The summed E-state index contributed by atoms with van der Waals surface area (Å²) < 4.78 is 0. The van der Waals surface area contributed by atoms with Crippen LogP contribution in [0.5, 0.6) is 0 Å². The number of oxime groups is 1. The number of hydrogen-bond donors (Lipinski definition) is 1. The molecule has 2 aromatic rings. The SMILES string of the molecule is CC(=NO)c1csc(-c2ccc(Cl)cc2Cl)n1. The lowest BCUT2D eigenvalue weighted by Gasteiger charge is -2.00. The third-order valence-corrected chi connectivity index (χ3v) is 3.61. The van der Waals surface area contributed by atoms with Gasteiger partial charge in [0.05, 0.1) is 10.7 Å². The Balaban J connectivity index is 2.44. The monoisotopic (exact) mass is 286 g/mol. The van der Waals surface area contributed by atoms with Crippen molar-refractivity contribution in [1.29, 1.82) is 0 Å². The molecule has 2 rings (SSSR count). The van der Waals surface area contributed by atoms with Gasteiger partial charge in [-0.25, -0.2) is 4.98 Å². The van der Waals surface area contributed by atoms with Crippen LogP contribution in [0.4, 0.5) is 0 Å². The zero-order chi connectivity index (χ0) is 12.4. The van der Waals surface area contributed by atoms with E-state index < -0.39 is 0 Å². The first-order valence-electron chi connectivity index (χ1n) is 4.72. The van der Waals surface area contributed by atoms with Crippen LogP contribution in [-0.2, 0) is 0 Å². The van der Waals surface area contributed by atoms with E-state index in [0.717, 1.165) is 10.6 Å². The number of aromatic nitrogens is 1. The van der Waals surface area contributed by atoms with Crippen LogP contribution in [0.2, 0.25) is 10.0 Å². The molecular weight excluding hydrogens is 279 g/mol. The molecule has 1 heterocycles. The first-order chi connectivity index (χ1) is 8.11. The van der Waals surface area contributed by atoms with Crippen molar-refractivity contribution in [3.63, 3.8) is 0 Å². The van der Waals surface area contributed by atoms with Crippen LogP contribution in [0, 0.1) is 0 Å². The van der Waals surface area contributed by atoms with Crippen molar-refractivity contribution < 1.29 is 5.21 Å². The molecule has 1 aromatic carbocycles. The first-order valence-corrected chi connectivity index (χ1v) is 6.35. The zero-order valence-corrected chi connectivity index (χ0v) is 11.1. The van der Waals surface area contributed by atoms with E-state index in [9.17, 15) is 0 Å². The number of rotatable bonds is 2. The summed E-state index contributed by atoms with van der Waals surface area (Å²) in [6, 6.07) is 5.25. The highest BCUT2D eigenvalue weighted by Crippen LogP contribution is 2.32. The van der Waals surface area contributed by atoms with Crippen LogP contribution in [0.1, 0.15) is 12.6 Å². The maximum Gasteiger partial charge on any atom is 0.125 e. The molecule has 1 aromatic heterocycles. The van der Waals surface area contributed by atoms with Gasteiger partial charge in [-0.2, -0.15) is 0 Å². The van der Waals surface area contributed by atoms with Gasteiger partial charge in [0.25, 0.3) is 0 Å². The second-order valence-corrected chi connectivity index (χ2v) is 5.05. The molecule has 0 saturated heterocycles. The van der Waals surface area contributed by atoms with Crippen molar-refractivity contribution in [2.75, 3.05) is 0 Å². The van der Waals surface area contributed by atoms with Gasteiger partial charge in [0.1, 0.15) is 10.7 Å². The van der Waals surface area contributed by atoms with Gasteiger partial charge in [-0.3, -0.25) is 0 Å². The number of thiazole rings is 1. The molecule has 1 N–H and O–H groups in total. The van der Waals surface area contributed by atoms with E-state index in [2.05, 4.69) is 10.1 Å². The molecular formula is C11H8Cl2N2OS. The second-order valence-electron chi connectivity index (χ2n) is 3.35. The highest BCUT2D eigenvalue weighted by atomic mass is 35.5. The van der Waals surface area contributed by atoms with Crippen molar-refractivity contribution in [3.05, 3.63) is 39.3 Å². The van der Waals surface area contributed by atoms with Crippen LogP contribution < -0.4 is 0 Å². The van der Waals surface area contributed by atoms with Crippen LogP contribution in [0.3, 0.4) is 0 Å². The maximum absolute atomic E-state index is 8.67. The van der Waals surface area contributed by atoms with E-state index in [1.165, 1.54) is 11.3 Å². The Morgan fingerprint density at radius 3 is 2.82 bits per heavy atom. The predicted octanol–water partition coefficient (Wildman–Crippen LogP) is 4.32. The number of nitrogens with zero attached hydrogens (tertiary/aromatic N) is 2. The van der Waals surface area contributed by atoms with Gasteiger partial charge in [-0.05, 0) is 25.1 Å². The van der Waals surface area contributed by atoms with Crippen molar-refractivity contribution in [2.45, 2.75) is 6.92 Å². The average molecular weight is 287 g/mol. The Labute approximate surface area is 112 Å². The minimum absolute atomic E-state index is 0.470. The quantitative estimate of drug-likeness (QED) is 0.508. The van der Waals surface area contributed by atoms with Crippen LogP contribution in [-0.4, -0.2) is 15.9 Å². The summed E-state index contributed by atoms with van der Waals surface area (Å²) in [6.07, 6.45) is 0. The van der Waals surface area contributed by atoms with Gasteiger partial charge >= 0.3 is 0 Å². The Morgan fingerprint density at radius 1 is 1.41 bits per heavy atom. The second kappa shape index (κ2) is 5.04. The molecule has 0 radical (unpaired) electrons. The van der Waals surface area contributed by atoms with Crippen LogP contribution >= 0.6 is 34.5 Å².